The predicted octanol–water partition coefficient (Wildman–Crippen LogP) is 5.99. The van der Waals surface area contributed by atoms with Crippen LogP contribution in [0, 0.1) is 46.3 Å². The van der Waals surface area contributed by atoms with Gasteiger partial charge in [0.25, 0.3) is 0 Å². The SMILES string of the molecule is CC12CCC3[C@@H](CC[C@H]4CCCC[C@]34C)[C@H]1CC[C@@H]2[C@H]1CCC(=O)OC1. The second kappa shape index (κ2) is 6.24. The highest BCUT2D eigenvalue weighted by molar-refractivity contribution is 5.69. The average molecular weight is 359 g/mol. The molecule has 1 saturated heterocycles. The van der Waals surface area contributed by atoms with Crippen LogP contribution in [0.4, 0.5) is 0 Å². The summed E-state index contributed by atoms with van der Waals surface area (Å²) in [6.07, 6.45) is 16.5. The highest BCUT2D eigenvalue weighted by atomic mass is 16.5. The molecule has 1 aliphatic heterocycles. The third kappa shape index (κ3) is 2.46. The van der Waals surface area contributed by atoms with Gasteiger partial charge >= 0.3 is 5.97 Å². The van der Waals surface area contributed by atoms with Crippen molar-refractivity contribution in [3.63, 3.8) is 0 Å². The molecule has 5 aliphatic rings. The zero-order valence-electron chi connectivity index (χ0n) is 17.0. The fourth-order valence-corrected chi connectivity index (χ4v) is 9.09. The zero-order valence-corrected chi connectivity index (χ0v) is 17.0. The molecule has 0 aromatic heterocycles. The molecule has 0 radical (unpaired) electrons. The first-order valence-corrected chi connectivity index (χ1v) is 11.7. The molecule has 0 bridgehead atoms. The summed E-state index contributed by atoms with van der Waals surface area (Å²) in [6, 6.07) is 0. The van der Waals surface area contributed by atoms with Crippen molar-refractivity contribution < 1.29 is 9.53 Å². The molecule has 5 rings (SSSR count). The Hall–Kier alpha value is -0.530. The van der Waals surface area contributed by atoms with Crippen molar-refractivity contribution in [2.24, 2.45) is 46.3 Å². The molecular formula is C24H38O2. The second-order valence-corrected chi connectivity index (χ2v) is 11.1. The number of fused-ring (bicyclic) bond motifs is 5. The quantitative estimate of drug-likeness (QED) is 0.538. The molecule has 4 aliphatic carbocycles. The van der Waals surface area contributed by atoms with Gasteiger partial charge in [-0.25, -0.2) is 0 Å². The van der Waals surface area contributed by atoms with Crippen molar-refractivity contribution in [3.05, 3.63) is 0 Å². The van der Waals surface area contributed by atoms with Gasteiger partial charge in [0.15, 0.2) is 0 Å². The molecule has 0 aromatic rings. The molecule has 4 saturated carbocycles. The van der Waals surface area contributed by atoms with Gasteiger partial charge in [0.1, 0.15) is 0 Å². The van der Waals surface area contributed by atoms with E-state index in [1.165, 1.54) is 64.2 Å². The van der Waals surface area contributed by atoms with E-state index in [4.69, 9.17) is 4.74 Å². The van der Waals surface area contributed by atoms with E-state index < -0.39 is 0 Å². The average Bonchev–Trinajstić information content (AvgIpc) is 2.99. The van der Waals surface area contributed by atoms with Crippen molar-refractivity contribution in [3.8, 4) is 0 Å². The summed E-state index contributed by atoms with van der Waals surface area (Å²) < 4.78 is 5.48. The minimum absolute atomic E-state index is 0.0354. The van der Waals surface area contributed by atoms with E-state index in [-0.39, 0.29) is 5.97 Å². The van der Waals surface area contributed by atoms with Gasteiger partial charge < -0.3 is 4.74 Å². The number of carbonyl (C=O) groups excluding carboxylic acids is 1. The van der Waals surface area contributed by atoms with Crippen molar-refractivity contribution in [2.45, 2.75) is 90.9 Å². The lowest BCUT2D eigenvalue weighted by Crippen LogP contribution is -2.53. The smallest absolute Gasteiger partial charge is 0.305 e. The standard InChI is InChI=1S/C24H38O2/c1-23-13-4-3-5-17(23)7-8-18-20-10-9-19(16-6-11-22(25)26-15-16)24(20,2)14-12-21(18)23/h16-21H,3-15H2,1-2H3/t16-,17+,18-,19+,20+,21?,23-,24?/m0/s1. The molecule has 0 spiro atoms. The predicted molar refractivity (Wildman–Crippen MR) is 104 cm³/mol. The third-order valence-corrected chi connectivity index (χ3v) is 10.4. The van der Waals surface area contributed by atoms with Crippen LogP contribution >= 0.6 is 0 Å². The van der Waals surface area contributed by atoms with Gasteiger partial charge in [-0.1, -0.05) is 26.7 Å². The molecule has 0 aromatic carbocycles. The summed E-state index contributed by atoms with van der Waals surface area (Å²) >= 11 is 0. The minimum Gasteiger partial charge on any atom is -0.465 e. The second-order valence-electron chi connectivity index (χ2n) is 11.1. The van der Waals surface area contributed by atoms with Crippen LogP contribution in [-0.2, 0) is 9.53 Å². The first-order chi connectivity index (χ1) is 12.5. The Balaban J connectivity index is 1.37. The molecule has 5 fully saturated rings. The summed E-state index contributed by atoms with van der Waals surface area (Å²) in [5, 5.41) is 0. The van der Waals surface area contributed by atoms with E-state index in [1.54, 1.807) is 0 Å². The normalized spacial score (nSPS) is 54.0. The number of ether oxygens (including phenoxy) is 1. The van der Waals surface area contributed by atoms with Crippen LogP contribution in [-0.4, -0.2) is 12.6 Å². The summed E-state index contributed by atoms with van der Waals surface area (Å²) in [4.78, 5) is 11.5. The summed E-state index contributed by atoms with van der Waals surface area (Å²) in [5.41, 5.74) is 1.17. The number of hydrogen-bond donors (Lipinski definition) is 0. The van der Waals surface area contributed by atoms with E-state index >= 15 is 0 Å². The Kier molecular flexibility index (Phi) is 4.22. The van der Waals surface area contributed by atoms with Gasteiger partial charge in [0.2, 0.25) is 0 Å². The first kappa shape index (κ1) is 17.6. The number of carbonyl (C=O) groups is 1. The summed E-state index contributed by atoms with van der Waals surface area (Å²) in [7, 11) is 0. The summed E-state index contributed by atoms with van der Waals surface area (Å²) in [6.45, 7) is 6.03. The van der Waals surface area contributed by atoms with Crippen LogP contribution in [0.3, 0.4) is 0 Å². The van der Waals surface area contributed by atoms with E-state index in [9.17, 15) is 4.79 Å². The van der Waals surface area contributed by atoms with Crippen molar-refractivity contribution in [1.82, 2.24) is 0 Å². The monoisotopic (exact) mass is 358 g/mol. The number of rotatable bonds is 1. The molecular weight excluding hydrogens is 320 g/mol. The molecule has 2 unspecified atom stereocenters. The Morgan fingerprint density at radius 2 is 1.62 bits per heavy atom. The molecule has 8 atom stereocenters. The number of esters is 1. The zero-order chi connectivity index (χ0) is 17.9. The van der Waals surface area contributed by atoms with Crippen LogP contribution in [0.25, 0.3) is 0 Å². The minimum atomic E-state index is 0.0354. The van der Waals surface area contributed by atoms with Crippen LogP contribution in [0.15, 0.2) is 0 Å². The highest BCUT2D eigenvalue weighted by Crippen LogP contribution is 2.68. The van der Waals surface area contributed by atoms with Gasteiger partial charge in [-0.05, 0) is 104 Å². The highest BCUT2D eigenvalue weighted by Gasteiger charge is 2.60. The van der Waals surface area contributed by atoms with Crippen LogP contribution in [0.1, 0.15) is 90.9 Å². The number of cyclic esters (lactones) is 1. The molecule has 2 nitrogen and oxygen atoms in total. The largest absolute Gasteiger partial charge is 0.465 e. The fourth-order valence-electron chi connectivity index (χ4n) is 9.09. The van der Waals surface area contributed by atoms with Crippen LogP contribution in [0.5, 0.6) is 0 Å². The van der Waals surface area contributed by atoms with E-state index in [0.717, 1.165) is 36.0 Å². The molecule has 146 valence electrons. The lowest BCUT2D eigenvalue weighted by molar-refractivity contribution is -0.154. The Morgan fingerprint density at radius 3 is 2.42 bits per heavy atom. The molecule has 0 amide bonds. The van der Waals surface area contributed by atoms with Crippen LogP contribution < -0.4 is 0 Å². The lowest BCUT2D eigenvalue weighted by Gasteiger charge is -2.61. The fraction of sp³-hybridized carbons (Fsp3) is 0.958. The molecule has 0 N–H and O–H groups in total. The Labute approximate surface area is 159 Å². The Bertz CT molecular complexity index is 561. The Morgan fingerprint density at radius 1 is 0.808 bits per heavy atom. The summed E-state index contributed by atoms with van der Waals surface area (Å²) in [5.74, 6) is 5.44. The van der Waals surface area contributed by atoms with Gasteiger partial charge in [-0.15, -0.1) is 0 Å². The van der Waals surface area contributed by atoms with Crippen molar-refractivity contribution >= 4 is 5.97 Å². The van der Waals surface area contributed by atoms with Gasteiger partial charge in [-0.2, -0.15) is 0 Å². The van der Waals surface area contributed by atoms with E-state index in [1.807, 2.05) is 0 Å². The van der Waals surface area contributed by atoms with Gasteiger partial charge in [0, 0.05) is 6.42 Å². The van der Waals surface area contributed by atoms with E-state index in [2.05, 4.69) is 13.8 Å². The van der Waals surface area contributed by atoms with Gasteiger partial charge in [-0.3, -0.25) is 4.79 Å². The van der Waals surface area contributed by atoms with E-state index in [0.29, 0.717) is 29.8 Å². The van der Waals surface area contributed by atoms with Crippen LogP contribution in [0.2, 0.25) is 0 Å². The van der Waals surface area contributed by atoms with Crippen molar-refractivity contribution in [2.75, 3.05) is 6.61 Å². The maximum Gasteiger partial charge on any atom is 0.305 e. The lowest BCUT2D eigenvalue weighted by atomic mass is 9.44. The number of hydrogen-bond acceptors (Lipinski definition) is 2. The first-order valence-electron chi connectivity index (χ1n) is 11.7. The maximum atomic E-state index is 11.5. The van der Waals surface area contributed by atoms with Crippen molar-refractivity contribution in [1.29, 1.82) is 0 Å². The third-order valence-electron chi connectivity index (χ3n) is 10.4. The topological polar surface area (TPSA) is 26.3 Å². The molecule has 26 heavy (non-hydrogen) atoms. The molecule has 1 heterocycles. The van der Waals surface area contributed by atoms with Gasteiger partial charge in [0.05, 0.1) is 6.61 Å². The molecule has 2 heteroatoms. The maximum absolute atomic E-state index is 11.5.